The largest absolute Gasteiger partial charge is 0.353 e. The molecule has 0 unspecified atom stereocenters. The number of guanidine groups is 1. The van der Waals surface area contributed by atoms with Crippen molar-refractivity contribution in [3.8, 4) is 0 Å². The molecule has 0 aromatic rings. The highest BCUT2D eigenvalue weighted by atomic mass is 16.2. The zero-order valence-corrected chi connectivity index (χ0v) is 15.1. The molecule has 1 aliphatic carbocycles. The molecule has 1 heterocycles. The fraction of sp³-hybridized carbons (Fsp3) is 0.882. The van der Waals surface area contributed by atoms with Crippen LogP contribution in [0.1, 0.15) is 53.4 Å². The van der Waals surface area contributed by atoms with Crippen molar-refractivity contribution in [3.63, 3.8) is 0 Å². The third-order valence-electron chi connectivity index (χ3n) is 5.69. The normalized spacial score (nSPS) is 24.1. The van der Waals surface area contributed by atoms with Gasteiger partial charge in [0.25, 0.3) is 0 Å². The summed E-state index contributed by atoms with van der Waals surface area (Å²) in [5.74, 6) is 0.953. The van der Waals surface area contributed by atoms with E-state index < -0.39 is 0 Å². The van der Waals surface area contributed by atoms with Crippen LogP contribution in [0.15, 0.2) is 4.99 Å². The Bertz CT molecular complexity index is 448. The van der Waals surface area contributed by atoms with E-state index in [1.165, 1.54) is 25.7 Å². The van der Waals surface area contributed by atoms with Gasteiger partial charge in [-0.05, 0) is 26.7 Å². The van der Waals surface area contributed by atoms with E-state index in [1.54, 1.807) is 19.0 Å². The Morgan fingerprint density at radius 1 is 1.23 bits per heavy atom. The summed E-state index contributed by atoms with van der Waals surface area (Å²) in [6.07, 6.45) is 4.99. The Balaban J connectivity index is 2.11. The lowest BCUT2D eigenvalue weighted by atomic mass is 9.65. The Kier molecular flexibility index (Phi) is 4.73. The zero-order chi connectivity index (χ0) is 16.5. The summed E-state index contributed by atoms with van der Waals surface area (Å²) < 4.78 is 0. The van der Waals surface area contributed by atoms with Gasteiger partial charge in [-0.3, -0.25) is 4.79 Å². The minimum absolute atomic E-state index is 0.0447. The molecular formula is C17H32N4O. The lowest BCUT2D eigenvalue weighted by molar-refractivity contribution is -0.127. The Hall–Kier alpha value is -1.26. The van der Waals surface area contributed by atoms with E-state index in [9.17, 15) is 4.79 Å². The van der Waals surface area contributed by atoms with Gasteiger partial charge in [-0.1, -0.05) is 26.7 Å². The van der Waals surface area contributed by atoms with Crippen molar-refractivity contribution < 1.29 is 4.79 Å². The van der Waals surface area contributed by atoms with Crippen molar-refractivity contribution in [2.75, 3.05) is 27.2 Å². The summed E-state index contributed by atoms with van der Waals surface area (Å²) >= 11 is 0. The molecule has 2 aliphatic rings. The lowest BCUT2D eigenvalue weighted by Gasteiger charge is -2.62. The fourth-order valence-corrected chi connectivity index (χ4v) is 3.15. The van der Waals surface area contributed by atoms with Crippen molar-refractivity contribution in [3.05, 3.63) is 0 Å². The number of nitrogens with one attached hydrogen (secondary N) is 1. The van der Waals surface area contributed by atoms with Gasteiger partial charge in [-0.25, -0.2) is 4.99 Å². The summed E-state index contributed by atoms with van der Waals surface area (Å²) in [6, 6.07) is 0.507. The summed E-state index contributed by atoms with van der Waals surface area (Å²) in [6.45, 7) is 10.3. The number of rotatable bonds is 3. The molecular weight excluding hydrogens is 276 g/mol. The molecule has 2 fully saturated rings. The van der Waals surface area contributed by atoms with E-state index in [0.717, 1.165) is 12.5 Å². The summed E-state index contributed by atoms with van der Waals surface area (Å²) in [5, 5.41) is 3.61. The van der Waals surface area contributed by atoms with Crippen LogP contribution < -0.4 is 5.32 Å². The van der Waals surface area contributed by atoms with E-state index in [2.05, 4.69) is 42.9 Å². The van der Waals surface area contributed by atoms with Gasteiger partial charge in [-0.15, -0.1) is 0 Å². The average molecular weight is 308 g/mol. The summed E-state index contributed by atoms with van der Waals surface area (Å²) in [4.78, 5) is 20.4. The number of likely N-dealkylation sites (N-methyl/N-ethyl adjacent to an activating group) is 1. The Morgan fingerprint density at radius 2 is 1.82 bits per heavy atom. The van der Waals surface area contributed by atoms with E-state index in [1.807, 2.05) is 0 Å². The maximum atomic E-state index is 11.9. The quantitative estimate of drug-likeness (QED) is 0.641. The number of likely N-dealkylation sites (tertiary alicyclic amines) is 1. The van der Waals surface area contributed by atoms with Gasteiger partial charge in [0, 0.05) is 37.6 Å². The predicted octanol–water partition coefficient (Wildman–Crippen LogP) is 2.08. The lowest BCUT2D eigenvalue weighted by Crippen LogP contribution is -2.73. The number of carbonyl (C=O) groups is 1. The van der Waals surface area contributed by atoms with Crippen LogP contribution in [0.5, 0.6) is 0 Å². The second-order valence-corrected chi connectivity index (χ2v) is 8.08. The Labute approximate surface area is 135 Å². The van der Waals surface area contributed by atoms with E-state index in [-0.39, 0.29) is 23.4 Å². The maximum absolute atomic E-state index is 11.9. The maximum Gasteiger partial charge on any atom is 0.243 e. The number of amides is 1. The highest BCUT2D eigenvalue weighted by molar-refractivity contribution is 5.86. The molecule has 0 aromatic heterocycles. The van der Waals surface area contributed by atoms with Crippen LogP contribution in [0, 0.1) is 5.41 Å². The third kappa shape index (κ3) is 3.23. The molecule has 1 amide bonds. The third-order valence-corrected chi connectivity index (χ3v) is 5.69. The number of hydrogen-bond acceptors (Lipinski definition) is 2. The van der Waals surface area contributed by atoms with Crippen LogP contribution in [-0.2, 0) is 4.79 Å². The molecule has 0 atom stereocenters. The van der Waals surface area contributed by atoms with Crippen molar-refractivity contribution >= 4 is 11.9 Å². The second-order valence-electron chi connectivity index (χ2n) is 8.08. The van der Waals surface area contributed by atoms with E-state index in [4.69, 9.17) is 0 Å². The topological polar surface area (TPSA) is 47.9 Å². The minimum atomic E-state index is 0.0447. The van der Waals surface area contributed by atoms with Crippen molar-refractivity contribution in [1.82, 2.24) is 15.1 Å². The standard InChI is InChI=1S/C17H32N4O/c1-16(2)12-21(17(16,3)4)15(18-11-14(22)20(5)6)19-13-9-7-8-10-13/h13H,7-12H2,1-6H3,(H,18,19). The van der Waals surface area contributed by atoms with Crippen LogP contribution >= 0.6 is 0 Å². The van der Waals surface area contributed by atoms with Crippen LogP contribution in [-0.4, -0.2) is 60.4 Å². The minimum Gasteiger partial charge on any atom is -0.353 e. The number of nitrogens with zero attached hydrogens (tertiary/aromatic N) is 3. The molecule has 1 aliphatic heterocycles. The molecule has 126 valence electrons. The smallest absolute Gasteiger partial charge is 0.243 e. The number of aliphatic imine (C=N–C) groups is 1. The van der Waals surface area contributed by atoms with Gasteiger partial charge in [0.1, 0.15) is 6.54 Å². The first-order valence-corrected chi connectivity index (χ1v) is 8.44. The van der Waals surface area contributed by atoms with E-state index >= 15 is 0 Å². The molecule has 1 N–H and O–H groups in total. The highest BCUT2D eigenvalue weighted by Crippen LogP contribution is 2.46. The Morgan fingerprint density at radius 3 is 2.27 bits per heavy atom. The molecule has 1 saturated carbocycles. The SMILES string of the molecule is CN(C)C(=O)CN=C(NC1CCCC1)N1CC(C)(C)C1(C)C. The van der Waals surface area contributed by atoms with Crippen LogP contribution in [0.25, 0.3) is 0 Å². The average Bonchev–Trinajstić information content (AvgIpc) is 2.93. The van der Waals surface area contributed by atoms with Gasteiger partial charge in [0.15, 0.2) is 5.96 Å². The molecule has 0 spiro atoms. The second kappa shape index (κ2) is 6.09. The molecule has 2 rings (SSSR count). The van der Waals surface area contributed by atoms with Gasteiger partial charge in [0.2, 0.25) is 5.91 Å². The zero-order valence-electron chi connectivity index (χ0n) is 15.1. The number of carbonyl (C=O) groups excluding carboxylic acids is 1. The molecule has 1 saturated heterocycles. The number of hydrogen-bond donors (Lipinski definition) is 1. The molecule has 0 radical (unpaired) electrons. The fourth-order valence-electron chi connectivity index (χ4n) is 3.15. The molecule has 22 heavy (non-hydrogen) atoms. The van der Waals surface area contributed by atoms with Crippen LogP contribution in [0.4, 0.5) is 0 Å². The molecule has 0 bridgehead atoms. The van der Waals surface area contributed by atoms with Gasteiger partial charge < -0.3 is 15.1 Å². The monoisotopic (exact) mass is 308 g/mol. The highest BCUT2D eigenvalue weighted by Gasteiger charge is 2.54. The molecule has 5 heteroatoms. The first-order valence-electron chi connectivity index (χ1n) is 8.44. The van der Waals surface area contributed by atoms with Gasteiger partial charge in [-0.2, -0.15) is 0 Å². The first kappa shape index (κ1) is 17.1. The van der Waals surface area contributed by atoms with Crippen LogP contribution in [0.2, 0.25) is 0 Å². The van der Waals surface area contributed by atoms with Crippen LogP contribution in [0.3, 0.4) is 0 Å². The van der Waals surface area contributed by atoms with E-state index in [0.29, 0.717) is 6.04 Å². The van der Waals surface area contributed by atoms with Crippen molar-refractivity contribution in [2.24, 2.45) is 10.4 Å². The van der Waals surface area contributed by atoms with Crippen molar-refractivity contribution in [2.45, 2.75) is 65.0 Å². The summed E-state index contributed by atoms with van der Waals surface area (Å²) in [5.41, 5.74) is 0.315. The first-order chi connectivity index (χ1) is 10.1. The van der Waals surface area contributed by atoms with Crippen molar-refractivity contribution in [1.29, 1.82) is 0 Å². The summed E-state index contributed by atoms with van der Waals surface area (Å²) in [7, 11) is 3.55. The molecule has 5 nitrogen and oxygen atoms in total. The van der Waals surface area contributed by atoms with Gasteiger partial charge in [0.05, 0.1) is 0 Å². The predicted molar refractivity (Wildman–Crippen MR) is 91.0 cm³/mol. The molecule has 0 aromatic carbocycles. The van der Waals surface area contributed by atoms with Gasteiger partial charge >= 0.3 is 0 Å².